The lowest BCUT2D eigenvalue weighted by molar-refractivity contribution is 0.373. The van der Waals surface area contributed by atoms with Crippen LogP contribution in [0.3, 0.4) is 0 Å². The number of aromatic amines is 2. The number of rotatable bonds is 1. The van der Waals surface area contributed by atoms with Crippen molar-refractivity contribution in [1.82, 2.24) is 9.97 Å². The number of hydrogen-bond donors (Lipinski definition) is 3. The Morgan fingerprint density at radius 2 is 1.91 bits per heavy atom. The molecule has 22 heavy (non-hydrogen) atoms. The lowest BCUT2D eigenvalue weighted by atomic mass is 9.85. The third-order valence-electron chi connectivity index (χ3n) is 3.32. The number of nitrogens with two attached hydrogens (primary N) is 1. The number of fused-ring (bicyclic) bond motifs is 1. The van der Waals surface area contributed by atoms with Crippen LogP contribution < -0.4 is 21.7 Å². The van der Waals surface area contributed by atoms with Crippen molar-refractivity contribution in [2.45, 2.75) is 5.92 Å². The monoisotopic (exact) mass is 408 g/mol. The molecule has 4 N–H and O–H groups in total. The Kier molecular flexibility index (Phi) is 3.50. The second kappa shape index (κ2) is 5.34. The zero-order chi connectivity index (χ0) is 15.9. The number of H-pyrrole nitrogens is 2. The zero-order valence-electron chi connectivity index (χ0n) is 11.0. The molecule has 110 valence electrons. The standard InChI is InChI=1S/C14H9IN4O3/c15-7-3-1-6(2-4-7)9-8(5-16)11(17)22-13-10(9)12(20)18-14(21)19-13/h1-4,9H,17H2,(H2,18,19,20,21)/t9-/m0/s1. The van der Waals surface area contributed by atoms with Gasteiger partial charge in [-0.2, -0.15) is 5.26 Å². The number of benzene rings is 1. The number of hydrogen-bond acceptors (Lipinski definition) is 5. The van der Waals surface area contributed by atoms with Crippen LogP contribution in [0.4, 0.5) is 0 Å². The summed E-state index contributed by atoms with van der Waals surface area (Å²) in [6, 6.07) is 9.30. The maximum Gasteiger partial charge on any atom is 0.328 e. The normalized spacial score (nSPS) is 16.6. The predicted molar refractivity (Wildman–Crippen MR) is 86.1 cm³/mol. The van der Waals surface area contributed by atoms with Crippen LogP contribution in [0.15, 0.2) is 45.3 Å². The molecule has 0 fully saturated rings. The molecule has 2 aromatic rings. The minimum atomic E-state index is -0.696. The largest absolute Gasteiger partial charge is 0.424 e. The summed E-state index contributed by atoms with van der Waals surface area (Å²) in [6.07, 6.45) is 0. The van der Waals surface area contributed by atoms with E-state index in [0.717, 1.165) is 3.57 Å². The number of nitrogens with one attached hydrogen (secondary N) is 2. The molecule has 0 saturated heterocycles. The summed E-state index contributed by atoms with van der Waals surface area (Å²) in [5.41, 5.74) is 5.46. The lowest BCUT2D eigenvalue weighted by Gasteiger charge is -2.24. The first kappa shape index (κ1) is 14.4. The highest BCUT2D eigenvalue weighted by Crippen LogP contribution is 2.38. The molecular formula is C14H9IN4O3. The third-order valence-corrected chi connectivity index (χ3v) is 4.04. The number of ether oxygens (including phenoxy) is 1. The molecule has 3 rings (SSSR count). The van der Waals surface area contributed by atoms with Gasteiger partial charge in [-0.15, -0.1) is 0 Å². The van der Waals surface area contributed by atoms with Gasteiger partial charge in [0.15, 0.2) is 0 Å². The van der Waals surface area contributed by atoms with Gasteiger partial charge in [0.2, 0.25) is 11.8 Å². The highest BCUT2D eigenvalue weighted by molar-refractivity contribution is 14.1. The van der Waals surface area contributed by atoms with E-state index < -0.39 is 17.2 Å². The van der Waals surface area contributed by atoms with Crippen molar-refractivity contribution in [3.8, 4) is 11.9 Å². The van der Waals surface area contributed by atoms with Gasteiger partial charge < -0.3 is 10.5 Å². The second-order valence-corrected chi connectivity index (χ2v) is 5.87. The van der Waals surface area contributed by atoms with Gasteiger partial charge in [-0.3, -0.25) is 14.8 Å². The fourth-order valence-corrected chi connectivity index (χ4v) is 2.74. The summed E-state index contributed by atoms with van der Waals surface area (Å²) >= 11 is 2.16. The van der Waals surface area contributed by atoms with Gasteiger partial charge in [-0.1, -0.05) is 12.1 Å². The maximum absolute atomic E-state index is 12.2. The molecule has 0 saturated carbocycles. The van der Waals surface area contributed by atoms with Gasteiger partial charge in [0, 0.05) is 3.57 Å². The van der Waals surface area contributed by atoms with Gasteiger partial charge in [-0.25, -0.2) is 4.79 Å². The first-order valence-corrected chi connectivity index (χ1v) is 7.28. The topological polar surface area (TPSA) is 125 Å². The fraction of sp³-hybridized carbons (Fsp3) is 0.0714. The Bertz CT molecular complexity index is 934. The molecule has 0 bridgehead atoms. The molecule has 2 heterocycles. The number of aromatic nitrogens is 2. The summed E-state index contributed by atoms with van der Waals surface area (Å²) in [6.45, 7) is 0. The Morgan fingerprint density at radius 1 is 1.23 bits per heavy atom. The second-order valence-electron chi connectivity index (χ2n) is 4.63. The molecule has 0 amide bonds. The fourth-order valence-electron chi connectivity index (χ4n) is 2.38. The third kappa shape index (κ3) is 2.29. The lowest BCUT2D eigenvalue weighted by Crippen LogP contribution is -2.33. The zero-order valence-corrected chi connectivity index (χ0v) is 13.2. The van der Waals surface area contributed by atoms with E-state index in [1.807, 2.05) is 18.2 Å². The average molecular weight is 408 g/mol. The van der Waals surface area contributed by atoms with Crippen molar-refractivity contribution in [3.05, 3.63) is 71.3 Å². The summed E-state index contributed by atoms with van der Waals surface area (Å²) in [5.74, 6) is -0.847. The van der Waals surface area contributed by atoms with Crippen LogP contribution in [-0.4, -0.2) is 9.97 Å². The molecule has 1 atom stereocenters. The summed E-state index contributed by atoms with van der Waals surface area (Å²) in [5, 5.41) is 9.37. The average Bonchev–Trinajstić information content (AvgIpc) is 2.46. The highest BCUT2D eigenvalue weighted by atomic mass is 127. The molecule has 7 nitrogen and oxygen atoms in total. The smallest absolute Gasteiger partial charge is 0.328 e. The number of halogens is 1. The summed E-state index contributed by atoms with van der Waals surface area (Å²) in [4.78, 5) is 28.1. The highest BCUT2D eigenvalue weighted by Gasteiger charge is 2.33. The Hall–Kier alpha value is -2.54. The minimum Gasteiger partial charge on any atom is -0.424 e. The van der Waals surface area contributed by atoms with Gasteiger partial charge in [0.25, 0.3) is 5.56 Å². The van der Waals surface area contributed by atoms with Crippen LogP contribution >= 0.6 is 22.6 Å². The van der Waals surface area contributed by atoms with Gasteiger partial charge in [0.1, 0.15) is 11.6 Å². The van der Waals surface area contributed by atoms with Crippen molar-refractivity contribution in [2.75, 3.05) is 0 Å². The Morgan fingerprint density at radius 3 is 2.55 bits per heavy atom. The molecule has 1 aliphatic heterocycles. The van der Waals surface area contributed by atoms with Crippen LogP contribution in [-0.2, 0) is 0 Å². The Balaban J connectivity index is 2.32. The van der Waals surface area contributed by atoms with Crippen LogP contribution in [0.5, 0.6) is 5.88 Å². The first-order chi connectivity index (χ1) is 10.5. The van der Waals surface area contributed by atoms with Gasteiger partial charge in [-0.05, 0) is 40.3 Å². The van der Waals surface area contributed by atoms with E-state index in [2.05, 4.69) is 32.6 Å². The molecular weight excluding hydrogens is 399 g/mol. The van der Waals surface area contributed by atoms with Crippen LogP contribution in [0.2, 0.25) is 0 Å². The van der Waals surface area contributed by atoms with E-state index in [9.17, 15) is 14.9 Å². The molecule has 1 aliphatic rings. The number of nitrogens with zero attached hydrogens (tertiary/aromatic N) is 1. The maximum atomic E-state index is 12.2. The van der Waals surface area contributed by atoms with Crippen LogP contribution in [0, 0.1) is 14.9 Å². The van der Waals surface area contributed by atoms with Gasteiger partial charge in [0.05, 0.1) is 11.5 Å². The summed E-state index contributed by atoms with van der Waals surface area (Å²) in [7, 11) is 0. The van der Waals surface area contributed by atoms with Gasteiger partial charge >= 0.3 is 5.69 Å². The summed E-state index contributed by atoms with van der Waals surface area (Å²) < 4.78 is 6.24. The van der Waals surface area contributed by atoms with E-state index in [1.54, 1.807) is 12.1 Å². The molecule has 0 radical (unpaired) electrons. The number of allylic oxidation sites excluding steroid dienone is 1. The molecule has 0 aliphatic carbocycles. The van der Waals surface area contributed by atoms with E-state index in [0.29, 0.717) is 5.56 Å². The SMILES string of the molecule is N#CC1=C(N)Oc2[nH]c(=O)[nH]c(=O)c2[C@H]1c1ccc(I)cc1. The van der Waals surface area contributed by atoms with E-state index >= 15 is 0 Å². The molecule has 8 heteroatoms. The van der Waals surface area contributed by atoms with Crippen LogP contribution in [0.1, 0.15) is 17.0 Å². The predicted octanol–water partition coefficient (Wildman–Crippen LogP) is 0.886. The molecule has 0 unspecified atom stereocenters. The van der Waals surface area contributed by atoms with E-state index in [1.165, 1.54) is 0 Å². The van der Waals surface area contributed by atoms with Crippen molar-refractivity contribution in [3.63, 3.8) is 0 Å². The molecule has 1 aromatic heterocycles. The minimum absolute atomic E-state index is 0.0335. The quantitative estimate of drug-likeness (QED) is 0.605. The van der Waals surface area contributed by atoms with E-state index in [-0.39, 0.29) is 22.9 Å². The number of nitriles is 1. The van der Waals surface area contributed by atoms with Crippen LogP contribution in [0.25, 0.3) is 0 Å². The van der Waals surface area contributed by atoms with Crippen molar-refractivity contribution in [2.24, 2.45) is 5.73 Å². The first-order valence-electron chi connectivity index (χ1n) is 6.21. The van der Waals surface area contributed by atoms with Crippen molar-refractivity contribution < 1.29 is 4.74 Å². The van der Waals surface area contributed by atoms with Crippen molar-refractivity contribution in [1.29, 1.82) is 5.26 Å². The molecule has 0 spiro atoms. The Labute approximate surface area is 137 Å². The molecule has 1 aromatic carbocycles. The van der Waals surface area contributed by atoms with E-state index in [4.69, 9.17) is 10.5 Å². The van der Waals surface area contributed by atoms with Crippen molar-refractivity contribution >= 4 is 22.6 Å².